The molecule has 0 spiro atoms. The Labute approximate surface area is 210 Å². The number of carbonyl (C=O) groups excluding carboxylic acids is 1. The van der Waals surface area contributed by atoms with Gasteiger partial charge in [0.15, 0.2) is 11.6 Å². The fraction of sp³-hybridized carbons (Fsp3) is 0.455. The third kappa shape index (κ3) is 6.77. The molecule has 1 aliphatic rings. The minimum atomic E-state index is -4.14. The van der Waals surface area contributed by atoms with Gasteiger partial charge in [0, 0.05) is 0 Å². The standard InChI is InChI=1S/C22H24ClF4N3O5S/c1-21(2,3)35-20(31)30-11-22(26,27)18(29-36(4,32)33)14(30)10-12-6-5-7-15(17(12)25)34-19-13(23)8-9-16(24)28-19/h5-9,14,18,29H,10-11H2,1-4H3/t14-,18+/m0/s1. The number of likely N-dealkylation sites (tertiary alicyclic amines) is 1. The van der Waals surface area contributed by atoms with Crippen molar-refractivity contribution in [2.24, 2.45) is 0 Å². The van der Waals surface area contributed by atoms with E-state index in [2.05, 4.69) is 4.98 Å². The first-order valence-corrected chi connectivity index (χ1v) is 12.9. The molecule has 0 radical (unpaired) electrons. The maximum Gasteiger partial charge on any atom is 0.410 e. The molecule has 8 nitrogen and oxygen atoms in total. The molecule has 1 aromatic carbocycles. The van der Waals surface area contributed by atoms with Crippen molar-refractivity contribution < 1.29 is 40.2 Å². The van der Waals surface area contributed by atoms with Crippen LogP contribution in [0.15, 0.2) is 30.3 Å². The van der Waals surface area contributed by atoms with Crippen LogP contribution in [0, 0.1) is 11.8 Å². The summed E-state index contributed by atoms with van der Waals surface area (Å²) in [4.78, 5) is 16.9. The number of halogens is 5. The lowest BCUT2D eigenvalue weighted by molar-refractivity contribution is -0.0122. The lowest BCUT2D eigenvalue weighted by Crippen LogP contribution is -2.52. The third-order valence-electron chi connectivity index (χ3n) is 5.05. The van der Waals surface area contributed by atoms with E-state index in [1.807, 2.05) is 4.72 Å². The zero-order valence-electron chi connectivity index (χ0n) is 19.7. The Balaban J connectivity index is 1.99. The fourth-order valence-electron chi connectivity index (χ4n) is 3.64. The molecule has 1 saturated heterocycles. The maximum absolute atomic E-state index is 15.4. The first kappa shape index (κ1) is 27.9. The topological polar surface area (TPSA) is 97.8 Å². The first-order valence-electron chi connectivity index (χ1n) is 10.6. The average Bonchev–Trinajstić information content (AvgIpc) is 2.95. The number of hydrogen-bond acceptors (Lipinski definition) is 6. The molecule has 1 fully saturated rings. The van der Waals surface area contributed by atoms with E-state index in [9.17, 15) is 26.4 Å². The van der Waals surface area contributed by atoms with Gasteiger partial charge in [-0.1, -0.05) is 23.7 Å². The Bertz CT molecular complexity index is 1260. The van der Waals surface area contributed by atoms with E-state index in [4.69, 9.17) is 21.1 Å². The number of nitrogens with one attached hydrogen (secondary N) is 1. The van der Waals surface area contributed by atoms with Gasteiger partial charge in [-0.3, -0.25) is 4.90 Å². The molecular formula is C22H24ClF4N3O5S. The molecule has 0 bridgehead atoms. The number of carbonyl (C=O) groups is 1. The van der Waals surface area contributed by atoms with Gasteiger partial charge in [0.25, 0.3) is 5.92 Å². The van der Waals surface area contributed by atoms with Crippen LogP contribution in [0.5, 0.6) is 11.6 Å². The van der Waals surface area contributed by atoms with Crippen LogP contribution < -0.4 is 9.46 Å². The van der Waals surface area contributed by atoms with Crippen molar-refractivity contribution in [1.82, 2.24) is 14.6 Å². The van der Waals surface area contributed by atoms with Crippen LogP contribution in [0.4, 0.5) is 22.4 Å². The Hall–Kier alpha value is -2.64. The number of amides is 1. The highest BCUT2D eigenvalue weighted by molar-refractivity contribution is 7.88. The lowest BCUT2D eigenvalue weighted by Gasteiger charge is -2.30. The van der Waals surface area contributed by atoms with Crippen LogP contribution in [0.1, 0.15) is 26.3 Å². The summed E-state index contributed by atoms with van der Waals surface area (Å²) in [6.45, 7) is 3.45. The van der Waals surface area contributed by atoms with Gasteiger partial charge < -0.3 is 9.47 Å². The number of aromatic nitrogens is 1. The lowest BCUT2D eigenvalue weighted by atomic mass is 9.98. The summed E-state index contributed by atoms with van der Waals surface area (Å²) >= 11 is 5.91. The molecule has 2 heterocycles. The van der Waals surface area contributed by atoms with Crippen molar-refractivity contribution in [2.75, 3.05) is 12.8 Å². The third-order valence-corrected chi connectivity index (χ3v) is 6.02. The first-order chi connectivity index (χ1) is 16.5. The molecule has 2 aromatic rings. The van der Waals surface area contributed by atoms with Crippen molar-refractivity contribution >= 4 is 27.7 Å². The zero-order chi connectivity index (χ0) is 27.1. The van der Waals surface area contributed by atoms with Crippen LogP contribution in [-0.2, 0) is 21.2 Å². The van der Waals surface area contributed by atoms with E-state index in [0.29, 0.717) is 11.2 Å². The van der Waals surface area contributed by atoms with Gasteiger partial charge in [0.2, 0.25) is 21.9 Å². The number of sulfonamides is 1. The molecule has 36 heavy (non-hydrogen) atoms. The van der Waals surface area contributed by atoms with Crippen LogP contribution in [0.2, 0.25) is 5.02 Å². The van der Waals surface area contributed by atoms with E-state index < -0.39 is 76.1 Å². The fourth-order valence-corrected chi connectivity index (χ4v) is 4.58. The summed E-state index contributed by atoms with van der Waals surface area (Å²) in [6.07, 6.45) is -0.954. The quantitative estimate of drug-likeness (QED) is 0.417. The summed E-state index contributed by atoms with van der Waals surface area (Å²) in [7, 11) is -4.14. The van der Waals surface area contributed by atoms with Crippen molar-refractivity contribution in [3.8, 4) is 11.6 Å². The van der Waals surface area contributed by atoms with Crippen LogP contribution >= 0.6 is 11.6 Å². The van der Waals surface area contributed by atoms with Crippen LogP contribution in [0.3, 0.4) is 0 Å². The van der Waals surface area contributed by atoms with E-state index in [-0.39, 0.29) is 10.6 Å². The van der Waals surface area contributed by atoms with Gasteiger partial charge in [-0.05, 0) is 51.0 Å². The van der Waals surface area contributed by atoms with Crippen LogP contribution in [0.25, 0.3) is 0 Å². The van der Waals surface area contributed by atoms with E-state index >= 15 is 4.39 Å². The van der Waals surface area contributed by atoms with E-state index in [0.717, 1.165) is 12.1 Å². The molecular weight excluding hydrogens is 530 g/mol. The van der Waals surface area contributed by atoms with Crippen molar-refractivity contribution in [3.05, 3.63) is 52.7 Å². The van der Waals surface area contributed by atoms with Crippen molar-refractivity contribution in [1.29, 1.82) is 0 Å². The minimum Gasteiger partial charge on any atom is -0.444 e. The van der Waals surface area contributed by atoms with Gasteiger partial charge in [-0.2, -0.15) is 9.37 Å². The van der Waals surface area contributed by atoms with Gasteiger partial charge >= 0.3 is 6.09 Å². The number of alkyl halides is 2. The Morgan fingerprint density at radius 2 is 1.92 bits per heavy atom. The smallest absolute Gasteiger partial charge is 0.410 e. The van der Waals surface area contributed by atoms with Gasteiger partial charge in [-0.15, -0.1) is 0 Å². The van der Waals surface area contributed by atoms with Crippen molar-refractivity contribution in [2.45, 2.75) is 50.8 Å². The summed E-state index contributed by atoms with van der Waals surface area (Å²) in [6, 6.07) is 2.32. The minimum absolute atomic E-state index is 0.106. The number of nitrogens with zero attached hydrogens (tertiary/aromatic N) is 2. The number of hydrogen-bond donors (Lipinski definition) is 1. The zero-order valence-corrected chi connectivity index (χ0v) is 21.3. The average molecular weight is 554 g/mol. The summed E-state index contributed by atoms with van der Waals surface area (Å²) in [5.74, 6) is -6.49. The molecule has 3 rings (SSSR count). The molecule has 1 aliphatic heterocycles. The summed E-state index contributed by atoms with van der Waals surface area (Å²) in [5.41, 5.74) is -1.22. The second-order valence-electron chi connectivity index (χ2n) is 9.26. The Kier molecular flexibility index (Phi) is 7.78. The largest absolute Gasteiger partial charge is 0.444 e. The molecule has 0 saturated carbocycles. The number of ether oxygens (including phenoxy) is 2. The molecule has 0 aliphatic carbocycles. The van der Waals surface area contributed by atoms with Gasteiger partial charge in [0.1, 0.15) is 16.7 Å². The second kappa shape index (κ2) is 10.0. The number of rotatable bonds is 6. The molecule has 1 aromatic heterocycles. The highest BCUT2D eigenvalue weighted by Gasteiger charge is 2.57. The van der Waals surface area contributed by atoms with Gasteiger partial charge in [-0.25, -0.2) is 31.1 Å². The maximum atomic E-state index is 15.4. The highest BCUT2D eigenvalue weighted by Crippen LogP contribution is 2.37. The van der Waals surface area contributed by atoms with E-state index in [1.54, 1.807) is 0 Å². The molecule has 0 unspecified atom stereocenters. The number of benzene rings is 1. The van der Waals surface area contributed by atoms with E-state index in [1.165, 1.54) is 39.0 Å². The predicted molar refractivity (Wildman–Crippen MR) is 123 cm³/mol. The van der Waals surface area contributed by atoms with Crippen molar-refractivity contribution in [3.63, 3.8) is 0 Å². The molecule has 1 amide bonds. The van der Waals surface area contributed by atoms with Gasteiger partial charge in [0.05, 0.1) is 18.8 Å². The predicted octanol–water partition coefficient (Wildman–Crippen LogP) is 4.52. The molecule has 14 heteroatoms. The second-order valence-corrected chi connectivity index (χ2v) is 11.4. The molecule has 198 valence electrons. The monoisotopic (exact) mass is 553 g/mol. The summed E-state index contributed by atoms with van der Waals surface area (Å²) in [5, 5.41) is -0.106. The molecule has 2 atom stereocenters. The Morgan fingerprint density at radius 1 is 1.25 bits per heavy atom. The Morgan fingerprint density at radius 3 is 2.53 bits per heavy atom. The number of pyridine rings is 1. The molecule has 1 N–H and O–H groups in total. The summed E-state index contributed by atoms with van der Waals surface area (Å²) < 4.78 is 94.7. The normalized spacial score (nSPS) is 19.9. The van der Waals surface area contributed by atoms with Crippen LogP contribution in [-0.4, -0.2) is 60.8 Å². The highest BCUT2D eigenvalue weighted by atomic mass is 35.5. The SMILES string of the molecule is CC(C)(C)OC(=O)N1CC(F)(F)[C@H](NS(C)(=O)=O)[C@@H]1Cc1cccc(Oc2nc(F)ccc2Cl)c1F.